The number of rotatable bonds is 3. The molecule has 2 rings (SSSR count). The number of carboxylic acids is 1. The summed E-state index contributed by atoms with van der Waals surface area (Å²) in [4.78, 5) is 14.9. The molecule has 2 heterocycles. The molecule has 0 fully saturated rings. The molecule has 0 aromatic carbocycles. The summed E-state index contributed by atoms with van der Waals surface area (Å²) in [6.07, 6.45) is 1.50. The first-order valence-electron chi connectivity index (χ1n) is 4.94. The number of aryl methyl sites for hydroxylation is 2. The second-order valence-electron chi connectivity index (χ2n) is 3.54. The number of hydrogen-bond acceptors (Lipinski definition) is 4. The van der Waals surface area contributed by atoms with E-state index in [1.165, 1.54) is 24.0 Å². The predicted molar refractivity (Wildman–Crippen MR) is 63.3 cm³/mol. The third kappa shape index (κ3) is 2.65. The van der Waals surface area contributed by atoms with Gasteiger partial charge in [-0.2, -0.15) is 5.10 Å². The molecule has 0 spiro atoms. The zero-order valence-electron chi connectivity index (χ0n) is 9.41. The molecule has 5 nitrogen and oxygen atoms in total. The molecule has 88 valence electrons. The van der Waals surface area contributed by atoms with Crippen LogP contribution in [-0.2, 0) is 7.05 Å². The van der Waals surface area contributed by atoms with Gasteiger partial charge in [-0.3, -0.25) is 4.68 Å². The zero-order chi connectivity index (χ0) is 12.4. The van der Waals surface area contributed by atoms with Gasteiger partial charge in [0.1, 0.15) is 10.1 Å². The van der Waals surface area contributed by atoms with E-state index >= 15 is 0 Å². The van der Waals surface area contributed by atoms with Crippen LogP contribution >= 0.6 is 11.8 Å². The number of hydrogen-bond donors (Lipinski definition) is 1. The van der Waals surface area contributed by atoms with Crippen molar-refractivity contribution >= 4 is 17.7 Å². The van der Waals surface area contributed by atoms with Gasteiger partial charge in [-0.15, -0.1) is 0 Å². The smallest absolute Gasteiger partial charge is 0.335 e. The van der Waals surface area contributed by atoms with Crippen molar-refractivity contribution in [2.24, 2.45) is 7.05 Å². The molecule has 0 radical (unpaired) electrons. The van der Waals surface area contributed by atoms with Gasteiger partial charge < -0.3 is 5.11 Å². The van der Waals surface area contributed by atoms with E-state index < -0.39 is 5.97 Å². The number of pyridine rings is 1. The first-order chi connectivity index (χ1) is 8.06. The van der Waals surface area contributed by atoms with Crippen molar-refractivity contribution in [2.75, 3.05) is 0 Å². The van der Waals surface area contributed by atoms with Crippen molar-refractivity contribution in [1.82, 2.24) is 14.8 Å². The summed E-state index contributed by atoms with van der Waals surface area (Å²) in [5.41, 5.74) is 1.16. The molecular formula is C11H11N3O2S. The molecule has 0 aliphatic carbocycles. The average Bonchev–Trinajstić information content (AvgIpc) is 2.58. The van der Waals surface area contributed by atoms with Crippen LogP contribution in [0.3, 0.4) is 0 Å². The van der Waals surface area contributed by atoms with E-state index in [0.29, 0.717) is 5.03 Å². The number of aromatic carboxylic acids is 1. The second-order valence-corrected chi connectivity index (χ2v) is 4.58. The number of aromatic nitrogens is 3. The fourth-order valence-electron chi connectivity index (χ4n) is 1.39. The van der Waals surface area contributed by atoms with Crippen LogP contribution in [0.15, 0.2) is 34.4 Å². The Labute approximate surface area is 102 Å². The summed E-state index contributed by atoms with van der Waals surface area (Å²) < 4.78 is 1.75. The Morgan fingerprint density at radius 3 is 2.82 bits per heavy atom. The molecule has 0 aliphatic heterocycles. The minimum atomic E-state index is -0.949. The van der Waals surface area contributed by atoms with Crippen LogP contribution in [0.5, 0.6) is 0 Å². The third-order valence-electron chi connectivity index (χ3n) is 2.15. The maximum Gasteiger partial charge on any atom is 0.335 e. The van der Waals surface area contributed by atoms with E-state index in [4.69, 9.17) is 5.11 Å². The average molecular weight is 249 g/mol. The lowest BCUT2D eigenvalue weighted by Gasteiger charge is -2.01. The van der Waals surface area contributed by atoms with E-state index in [9.17, 15) is 4.79 Å². The molecular weight excluding hydrogens is 238 g/mol. The maximum absolute atomic E-state index is 10.8. The third-order valence-corrected chi connectivity index (χ3v) is 3.17. The fraction of sp³-hybridized carbons (Fsp3) is 0.182. The van der Waals surface area contributed by atoms with E-state index in [-0.39, 0.29) is 5.56 Å². The van der Waals surface area contributed by atoms with Gasteiger partial charge in [0.25, 0.3) is 0 Å². The van der Waals surface area contributed by atoms with Gasteiger partial charge >= 0.3 is 5.97 Å². The van der Waals surface area contributed by atoms with Gasteiger partial charge in [-0.05, 0) is 25.1 Å². The summed E-state index contributed by atoms with van der Waals surface area (Å²) >= 11 is 1.39. The van der Waals surface area contributed by atoms with Gasteiger partial charge in [0, 0.05) is 13.2 Å². The molecule has 2 aromatic rings. The summed E-state index contributed by atoms with van der Waals surface area (Å²) in [6, 6.07) is 4.95. The van der Waals surface area contributed by atoms with Crippen molar-refractivity contribution < 1.29 is 9.90 Å². The Bertz CT molecular complexity index is 566. The van der Waals surface area contributed by atoms with Crippen molar-refractivity contribution in [3.63, 3.8) is 0 Å². The Balaban J connectivity index is 2.27. The van der Waals surface area contributed by atoms with E-state index in [2.05, 4.69) is 10.1 Å². The molecule has 6 heteroatoms. The van der Waals surface area contributed by atoms with E-state index in [1.807, 2.05) is 20.0 Å². The first-order valence-corrected chi connectivity index (χ1v) is 5.76. The Morgan fingerprint density at radius 1 is 1.47 bits per heavy atom. The highest BCUT2D eigenvalue weighted by Crippen LogP contribution is 2.26. The van der Waals surface area contributed by atoms with Gasteiger partial charge in [0.2, 0.25) is 0 Å². The lowest BCUT2D eigenvalue weighted by molar-refractivity contribution is 0.0696. The van der Waals surface area contributed by atoms with Crippen molar-refractivity contribution in [1.29, 1.82) is 0 Å². The van der Waals surface area contributed by atoms with E-state index in [1.54, 1.807) is 10.7 Å². The van der Waals surface area contributed by atoms with Gasteiger partial charge in [0.15, 0.2) is 0 Å². The Morgan fingerprint density at radius 2 is 2.24 bits per heavy atom. The quantitative estimate of drug-likeness (QED) is 0.900. The van der Waals surface area contributed by atoms with Crippen LogP contribution in [0.4, 0.5) is 0 Å². The number of carboxylic acid groups (broad SMARTS) is 1. The SMILES string of the molecule is Cc1cc(Sc2cc(C(=O)O)ccn2)n(C)n1. The summed E-state index contributed by atoms with van der Waals surface area (Å²) in [7, 11) is 1.84. The summed E-state index contributed by atoms with van der Waals surface area (Å²) in [5, 5.41) is 14.7. The topological polar surface area (TPSA) is 68.0 Å². The lowest BCUT2D eigenvalue weighted by Crippen LogP contribution is -1.97. The Kier molecular flexibility index (Phi) is 3.14. The van der Waals surface area contributed by atoms with Crippen LogP contribution < -0.4 is 0 Å². The summed E-state index contributed by atoms with van der Waals surface area (Å²) in [6.45, 7) is 1.91. The molecule has 0 unspecified atom stereocenters. The van der Waals surface area contributed by atoms with Crippen LogP contribution in [0.2, 0.25) is 0 Å². The number of carbonyl (C=O) groups is 1. The molecule has 0 bridgehead atoms. The molecule has 1 N–H and O–H groups in total. The highest BCUT2D eigenvalue weighted by atomic mass is 32.2. The molecule has 0 atom stereocenters. The van der Waals surface area contributed by atoms with E-state index in [0.717, 1.165) is 10.7 Å². The van der Waals surface area contributed by atoms with Gasteiger partial charge in [-0.1, -0.05) is 11.8 Å². The minimum absolute atomic E-state index is 0.237. The number of nitrogens with zero attached hydrogens (tertiary/aromatic N) is 3. The van der Waals surface area contributed by atoms with Crippen molar-refractivity contribution in [3.05, 3.63) is 35.7 Å². The first kappa shape index (κ1) is 11.7. The van der Waals surface area contributed by atoms with Crippen molar-refractivity contribution in [2.45, 2.75) is 17.0 Å². The van der Waals surface area contributed by atoms with Crippen molar-refractivity contribution in [3.8, 4) is 0 Å². The highest BCUT2D eigenvalue weighted by molar-refractivity contribution is 7.99. The molecule has 0 saturated carbocycles. The van der Waals surface area contributed by atoms with Crippen LogP contribution in [-0.4, -0.2) is 25.8 Å². The second kappa shape index (κ2) is 4.58. The molecule has 0 saturated heterocycles. The maximum atomic E-state index is 10.8. The largest absolute Gasteiger partial charge is 0.478 e. The molecule has 0 aliphatic rings. The monoisotopic (exact) mass is 249 g/mol. The zero-order valence-corrected chi connectivity index (χ0v) is 10.2. The van der Waals surface area contributed by atoms with Crippen LogP contribution in [0, 0.1) is 6.92 Å². The van der Waals surface area contributed by atoms with Crippen LogP contribution in [0.25, 0.3) is 0 Å². The van der Waals surface area contributed by atoms with Gasteiger partial charge in [0.05, 0.1) is 11.3 Å². The van der Waals surface area contributed by atoms with Crippen LogP contribution in [0.1, 0.15) is 16.1 Å². The standard InChI is InChI=1S/C11H11N3O2S/c1-7-5-10(14(2)13-7)17-9-6-8(11(15)16)3-4-12-9/h3-6H,1-2H3,(H,15,16). The normalized spacial score (nSPS) is 10.5. The molecule has 0 amide bonds. The Hall–Kier alpha value is -1.82. The molecule has 2 aromatic heterocycles. The minimum Gasteiger partial charge on any atom is -0.478 e. The summed E-state index contributed by atoms with van der Waals surface area (Å²) in [5.74, 6) is -0.949. The lowest BCUT2D eigenvalue weighted by atomic mass is 10.3. The molecule has 17 heavy (non-hydrogen) atoms. The van der Waals surface area contributed by atoms with Gasteiger partial charge in [-0.25, -0.2) is 9.78 Å². The fourth-order valence-corrected chi connectivity index (χ4v) is 2.30. The predicted octanol–water partition coefficient (Wildman–Crippen LogP) is 1.97. The highest BCUT2D eigenvalue weighted by Gasteiger charge is 2.08.